The second-order valence-electron chi connectivity index (χ2n) is 4.94. The van der Waals surface area contributed by atoms with Crippen LogP contribution in [-0.4, -0.2) is 36.9 Å². The van der Waals surface area contributed by atoms with E-state index in [1.54, 1.807) is 0 Å². The molecule has 2 rings (SSSR count). The molecule has 16 heavy (non-hydrogen) atoms. The minimum Gasteiger partial charge on any atom is -0.461 e. The van der Waals surface area contributed by atoms with Gasteiger partial charge in [0.1, 0.15) is 12.1 Å². The predicted molar refractivity (Wildman–Crippen MR) is 60.1 cm³/mol. The number of nitrogens with one attached hydrogen (secondary N) is 1. The second kappa shape index (κ2) is 5.15. The van der Waals surface area contributed by atoms with E-state index in [0.29, 0.717) is 0 Å². The Hall–Kier alpha value is -0.610. The second-order valence-corrected chi connectivity index (χ2v) is 4.94. The maximum Gasteiger partial charge on any atom is 0.323 e. The van der Waals surface area contributed by atoms with Gasteiger partial charge in [-0.3, -0.25) is 4.79 Å². The molecule has 0 aromatic carbocycles. The number of ether oxygens (including phenoxy) is 2. The Labute approximate surface area is 96.7 Å². The fourth-order valence-electron chi connectivity index (χ4n) is 2.57. The van der Waals surface area contributed by atoms with Gasteiger partial charge in [-0.25, -0.2) is 0 Å². The minimum atomic E-state index is -0.0798. The molecule has 0 saturated carbocycles. The first-order valence-electron chi connectivity index (χ1n) is 6.24. The van der Waals surface area contributed by atoms with Crippen LogP contribution >= 0.6 is 0 Å². The van der Waals surface area contributed by atoms with Crippen LogP contribution in [0.25, 0.3) is 0 Å². The number of carbonyl (C=O) groups excluding carboxylic acids is 1. The Morgan fingerprint density at radius 3 is 2.56 bits per heavy atom. The molecule has 3 unspecified atom stereocenters. The average Bonchev–Trinajstić information content (AvgIpc) is 2.68. The molecular formula is C12H21NO3. The summed E-state index contributed by atoms with van der Waals surface area (Å²) in [5, 5.41) is 3.16. The molecule has 0 radical (unpaired) electrons. The molecule has 0 spiro atoms. The number of hydrogen-bond acceptors (Lipinski definition) is 4. The molecule has 0 aromatic rings. The molecule has 92 valence electrons. The lowest BCUT2D eigenvalue weighted by molar-refractivity contribution is -0.161. The summed E-state index contributed by atoms with van der Waals surface area (Å²) in [6.45, 7) is 5.00. The molecular weight excluding hydrogens is 206 g/mol. The van der Waals surface area contributed by atoms with Gasteiger partial charge in [0.15, 0.2) is 0 Å². The van der Waals surface area contributed by atoms with Crippen LogP contribution in [0.2, 0.25) is 0 Å². The Balaban J connectivity index is 1.81. The molecule has 0 bridgehead atoms. The number of hydrogen-bond donors (Lipinski definition) is 1. The first-order valence-corrected chi connectivity index (χ1v) is 6.24. The van der Waals surface area contributed by atoms with Crippen molar-refractivity contribution < 1.29 is 14.3 Å². The van der Waals surface area contributed by atoms with E-state index in [-0.39, 0.29) is 30.3 Å². The zero-order chi connectivity index (χ0) is 11.5. The number of carbonyl (C=O) groups is 1. The van der Waals surface area contributed by atoms with Crippen molar-refractivity contribution in [3.63, 3.8) is 0 Å². The fraction of sp³-hybridized carbons (Fsp3) is 0.917. The summed E-state index contributed by atoms with van der Waals surface area (Å²) in [5.74, 6) is -0.0798. The third-order valence-corrected chi connectivity index (χ3v) is 3.28. The van der Waals surface area contributed by atoms with Gasteiger partial charge >= 0.3 is 5.97 Å². The molecule has 3 atom stereocenters. The zero-order valence-corrected chi connectivity index (χ0v) is 10.1. The van der Waals surface area contributed by atoms with Gasteiger partial charge < -0.3 is 14.8 Å². The van der Waals surface area contributed by atoms with Crippen LogP contribution in [0.4, 0.5) is 0 Å². The summed E-state index contributed by atoms with van der Waals surface area (Å²) in [5.41, 5.74) is 0. The van der Waals surface area contributed by atoms with Crippen LogP contribution in [0.3, 0.4) is 0 Å². The van der Waals surface area contributed by atoms with Crippen molar-refractivity contribution in [2.24, 2.45) is 0 Å². The Kier molecular flexibility index (Phi) is 3.82. The van der Waals surface area contributed by atoms with Crippen molar-refractivity contribution in [3.05, 3.63) is 0 Å². The quantitative estimate of drug-likeness (QED) is 0.721. The van der Waals surface area contributed by atoms with Crippen LogP contribution in [0.15, 0.2) is 0 Å². The van der Waals surface area contributed by atoms with E-state index in [1.807, 2.05) is 13.8 Å². The van der Waals surface area contributed by atoms with E-state index in [9.17, 15) is 4.79 Å². The highest BCUT2D eigenvalue weighted by Crippen LogP contribution is 2.22. The molecule has 0 amide bonds. The lowest BCUT2D eigenvalue weighted by Crippen LogP contribution is -2.40. The van der Waals surface area contributed by atoms with Gasteiger partial charge in [0.25, 0.3) is 0 Å². The minimum absolute atomic E-state index is 0.0358. The molecule has 2 aliphatic heterocycles. The maximum absolute atomic E-state index is 11.8. The monoisotopic (exact) mass is 227 g/mol. The average molecular weight is 227 g/mol. The summed E-state index contributed by atoms with van der Waals surface area (Å²) in [4.78, 5) is 11.8. The third kappa shape index (κ3) is 2.95. The van der Waals surface area contributed by atoms with E-state index in [4.69, 9.17) is 9.47 Å². The number of esters is 1. The summed E-state index contributed by atoms with van der Waals surface area (Å²) < 4.78 is 11.2. The SMILES string of the molecule is CC1CC(OC(=O)C2CCCN2)CC(C)O1. The first-order chi connectivity index (χ1) is 7.65. The Bertz CT molecular complexity index is 241. The molecule has 2 heterocycles. The Morgan fingerprint density at radius 1 is 1.31 bits per heavy atom. The molecule has 4 nitrogen and oxygen atoms in total. The normalized spacial score (nSPS) is 39.6. The highest BCUT2D eigenvalue weighted by Gasteiger charge is 2.30. The van der Waals surface area contributed by atoms with Gasteiger partial charge in [-0.1, -0.05) is 0 Å². The lowest BCUT2D eigenvalue weighted by atomic mass is 10.0. The predicted octanol–water partition coefficient (Wildman–Crippen LogP) is 1.24. The first kappa shape index (κ1) is 11.9. The smallest absolute Gasteiger partial charge is 0.323 e. The van der Waals surface area contributed by atoms with Gasteiger partial charge in [0.2, 0.25) is 0 Å². The van der Waals surface area contributed by atoms with E-state index < -0.39 is 0 Å². The molecule has 0 aliphatic carbocycles. The largest absolute Gasteiger partial charge is 0.461 e. The van der Waals surface area contributed by atoms with Crippen LogP contribution in [0.5, 0.6) is 0 Å². The topological polar surface area (TPSA) is 47.6 Å². The van der Waals surface area contributed by atoms with Crippen molar-refractivity contribution in [1.82, 2.24) is 5.32 Å². The van der Waals surface area contributed by atoms with E-state index in [2.05, 4.69) is 5.32 Å². The third-order valence-electron chi connectivity index (χ3n) is 3.28. The van der Waals surface area contributed by atoms with Gasteiger partial charge in [-0.15, -0.1) is 0 Å². The zero-order valence-electron chi connectivity index (χ0n) is 10.1. The molecule has 2 fully saturated rings. The summed E-state index contributed by atoms with van der Waals surface area (Å²) in [7, 11) is 0. The van der Waals surface area contributed by atoms with Crippen molar-refractivity contribution in [3.8, 4) is 0 Å². The molecule has 0 aromatic heterocycles. The van der Waals surface area contributed by atoms with Gasteiger partial charge in [0, 0.05) is 12.8 Å². The van der Waals surface area contributed by atoms with E-state index >= 15 is 0 Å². The molecule has 2 aliphatic rings. The molecule has 4 heteroatoms. The van der Waals surface area contributed by atoms with Crippen LogP contribution in [0.1, 0.15) is 39.5 Å². The van der Waals surface area contributed by atoms with Gasteiger partial charge in [-0.05, 0) is 33.2 Å². The summed E-state index contributed by atoms with van der Waals surface area (Å²) in [6.07, 6.45) is 4.05. The fourth-order valence-corrected chi connectivity index (χ4v) is 2.57. The van der Waals surface area contributed by atoms with Gasteiger partial charge in [-0.2, -0.15) is 0 Å². The van der Waals surface area contributed by atoms with Gasteiger partial charge in [0.05, 0.1) is 12.2 Å². The highest BCUT2D eigenvalue weighted by molar-refractivity contribution is 5.76. The number of rotatable bonds is 2. The van der Waals surface area contributed by atoms with E-state index in [1.165, 1.54) is 0 Å². The standard InChI is InChI=1S/C12H21NO3/c1-8-6-10(7-9(2)15-8)16-12(14)11-4-3-5-13-11/h8-11,13H,3-7H2,1-2H3. The van der Waals surface area contributed by atoms with Crippen molar-refractivity contribution in [2.45, 2.75) is 63.9 Å². The van der Waals surface area contributed by atoms with Crippen molar-refractivity contribution >= 4 is 5.97 Å². The van der Waals surface area contributed by atoms with E-state index in [0.717, 1.165) is 32.2 Å². The van der Waals surface area contributed by atoms with Crippen LogP contribution in [0, 0.1) is 0 Å². The summed E-state index contributed by atoms with van der Waals surface area (Å²) in [6, 6.07) is -0.0755. The Morgan fingerprint density at radius 2 is 2.00 bits per heavy atom. The highest BCUT2D eigenvalue weighted by atomic mass is 16.6. The molecule has 1 N–H and O–H groups in total. The van der Waals surface area contributed by atoms with Crippen molar-refractivity contribution in [2.75, 3.05) is 6.54 Å². The van der Waals surface area contributed by atoms with Crippen LogP contribution in [-0.2, 0) is 14.3 Å². The molecule has 2 saturated heterocycles. The maximum atomic E-state index is 11.8. The van der Waals surface area contributed by atoms with Crippen LogP contribution < -0.4 is 5.32 Å². The lowest BCUT2D eigenvalue weighted by Gasteiger charge is -2.32. The van der Waals surface area contributed by atoms with Crippen molar-refractivity contribution in [1.29, 1.82) is 0 Å². The summed E-state index contributed by atoms with van der Waals surface area (Å²) >= 11 is 0.